The molecule has 2 rings (SSSR count). The number of hydrogen-bond donors (Lipinski definition) is 0. The lowest BCUT2D eigenvalue weighted by Crippen LogP contribution is -2.29. The third-order valence-corrected chi connectivity index (χ3v) is 4.40. The van der Waals surface area contributed by atoms with Crippen molar-refractivity contribution in [3.05, 3.63) is 48.0 Å². The molecule has 0 radical (unpaired) electrons. The highest BCUT2D eigenvalue weighted by atomic mass is 16.5. The zero-order chi connectivity index (χ0) is 14.9. The van der Waals surface area contributed by atoms with E-state index >= 15 is 0 Å². The molecule has 2 atom stereocenters. The van der Waals surface area contributed by atoms with Crippen molar-refractivity contribution in [2.24, 2.45) is 0 Å². The van der Waals surface area contributed by atoms with Crippen LogP contribution < -0.4 is 0 Å². The normalized spacial score (nSPS) is 22.4. The minimum Gasteiger partial charge on any atom is -0.374 e. The van der Waals surface area contributed by atoms with Crippen molar-refractivity contribution >= 4 is 0 Å². The van der Waals surface area contributed by atoms with Crippen LogP contribution in [-0.2, 0) is 11.2 Å². The summed E-state index contributed by atoms with van der Waals surface area (Å²) >= 11 is 0. The molecule has 21 heavy (non-hydrogen) atoms. The smallest absolute Gasteiger partial charge is 0.0619 e. The number of rotatable bonds is 8. The molecule has 1 heterocycles. The standard InChI is InChI=1S/C20H30O/c1-3-4-5-9-12-19-15-17(2)16-20(21-19)14-13-18-10-7-6-8-11-18/h6-8,10-11,19-20H,2-5,9,12-16H2,1H3. The van der Waals surface area contributed by atoms with Crippen molar-refractivity contribution < 1.29 is 4.74 Å². The van der Waals surface area contributed by atoms with Gasteiger partial charge in [-0.1, -0.05) is 75.1 Å². The van der Waals surface area contributed by atoms with Gasteiger partial charge in [0.05, 0.1) is 12.2 Å². The minimum atomic E-state index is 0.377. The highest BCUT2D eigenvalue weighted by Gasteiger charge is 2.23. The molecule has 0 amide bonds. The average Bonchev–Trinajstić information content (AvgIpc) is 2.50. The van der Waals surface area contributed by atoms with E-state index in [4.69, 9.17) is 4.74 Å². The van der Waals surface area contributed by atoms with Crippen molar-refractivity contribution in [2.75, 3.05) is 0 Å². The van der Waals surface area contributed by atoms with Gasteiger partial charge >= 0.3 is 0 Å². The molecule has 2 unspecified atom stereocenters. The summed E-state index contributed by atoms with van der Waals surface area (Å²) in [5.74, 6) is 0. The second-order valence-electron chi connectivity index (χ2n) is 6.41. The van der Waals surface area contributed by atoms with E-state index in [9.17, 15) is 0 Å². The first-order chi connectivity index (χ1) is 10.3. The molecule has 0 aromatic heterocycles. The molecular weight excluding hydrogens is 256 g/mol. The Balaban J connectivity index is 1.73. The molecular formula is C20H30O. The average molecular weight is 286 g/mol. The molecule has 116 valence electrons. The Bertz CT molecular complexity index is 409. The van der Waals surface area contributed by atoms with Gasteiger partial charge in [-0.05, 0) is 37.7 Å². The fourth-order valence-corrected chi connectivity index (χ4v) is 3.21. The van der Waals surface area contributed by atoms with Crippen molar-refractivity contribution in [1.29, 1.82) is 0 Å². The Hall–Kier alpha value is -1.08. The first-order valence-corrected chi connectivity index (χ1v) is 8.64. The highest BCUT2D eigenvalue weighted by molar-refractivity contribution is 5.15. The summed E-state index contributed by atoms with van der Waals surface area (Å²) in [6, 6.07) is 10.7. The van der Waals surface area contributed by atoms with Crippen LogP contribution in [0.2, 0.25) is 0 Å². The van der Waals surface area contributed by atoms with Gasteiger partial charge in [-0.25, -0.2) is 0 Å². The van der Waals surface area contributed by atoms with E-state index < -0.39 is 0 Å². The Labute approximate surface area is 130 Å². The molecule has 0 saturated carbocycles. The molecule has 0 bridgehead atoms. The van der Waals surface area contributed by atoms with Gasteiger partial charge in [-0.2, -0.15) is 0 Å². The second-order valence-corrected chi connectivity index (χ2v) is 6.41. The van der Waals surface area contributed by atoms with E-state index in [1.807, 2.05) is 0 Å². The Morgan fingerprint density at radius 1 is 1.00 bits per heavy atom. The van der Waals surface area contributed by atoms with E-state index in [1.165, 1.54) is 43.2 Å². The predicted molar refractivity (Wildman–Crippen MR) is 90.6 cm³/mol. The quantitative estimate of drug-likeness (QED) is 0.440. The van der Waals surface area contributed by atoms with Crippen molar-refractivity contribution in [3.8, 4) is 0 Å². The molecule has 1 fully saturated rings. The first kappa shape index (κ1) is 16.3. The van der Waals surface area contributed by atoms with Crippen LogP contribution >= 0.6 is 0 Å². The number of hydrogen-bond acceptors (Lipinski definition) is 1. The number of benzene rings is 1. The van der Waals surface area contributed by atoms with Gasteiger partial charge in [0.1, 0.15) is 0 Å². The largest absolute Gasteiger partial charge is 0.374 e. The summed E-state index contributed by atoms with van der Waals surface area (Å²) in [5.41, 5.74) is 2.80. The Morgan fingerprint density at radius 2 is 1.71 bits per heavy atom. The van der Waals surface area contributed by atoms with Gasteiger partial charge in [0.15, 0.2) is 0 Å². The maximum absolute atomic E-state index is 6.30. The molecule has 1 aliphatic heterocycles. The maximum atomic E-state index is 6.30. The topological polar surface area (TPSA) is 9.23 Å². The van der Waals surface area contributed by atoms with Gasteiger partial charge in [0.25, 0.3) is 0 Å². The van der Waals surface area contributed by atoms with E-state index in [0.29, 0.717) is 12.2 Å². The van der Waals surface area contributed by atoms with Gasteiger partial charge < -0.3 is 4.74 Å². The van der Waals surface area contributed by atoms with Crippen molar-refractivity contribution in [3.63, 3.8) is 0 Å². The van der Waals surface area contributed by atoms with E-state index in [-0.39, 0.29) is 0 Å². The monoisotopic (exact) mass is 286 g/mol. The van der Waals surface area contributed by atoms with Gasteiger partial charge in [0.2, 0.25) is 0 Å². The van der Waals surface area contributed by atoms with E-state index in [0.717, 1.165) is 25.7 Å². The Morgan fingerprint density at radius 3 is 2.43 bits per heavy atom. The van der Waals surface area contributed by atoms with E-state index in [1.54, 1.807) is 0 Å². The summed E-state index contributed by atoms with van der Waals surface area (Å²) in [5, 5.41) is 0. The summed E-state index contributed by atoms with van der Waals surface area (Å²) in [7, 11) is 0. The second kappa shape index (κ2) is 9.04. The first-order valence-electron chi connectivity index (χ1n) is 8.64. The summed E-state index contributed by atoms with van der Waals surface area (Å²) in [6.45, 7) is 6.50. The van der Waals surface area contributed by atoms with Gasteiger partial charge in [-0.15, -0.1) is 0 Å². The third-order valence-electron chi connectivity index (χ3n) is 4.40. The van der Waals surface area contributed by atoms with Crippen molar-refractivity contribution in [1.82, 2.24) is 0 Å². The fourth-order valence-electron chi connectivity index (χ4n) is 3.21. The molecule has 1 aliphatic rings. The summed E-state index contributed by atoms with van der Waals surface area (Å²) in [6.07, 6.45) is 11.7. The Kier molecular flexibility index (Phi) is 7.02. The van der Waals surface area contributed by atoms with Gasteiger partial charge in [-0.3, -0.25) is 0 Å². The molecule has 1 nitrogen and oxygen atoms in total. The van der Waals surface area contributed by atoms with E-state index in [2.05, 4.69) is 43.8 Å². The molecule has 0 aliphatic carbocycles. The SMILES string of the molecule is C=C1CC(CCCCCC)OC(CCc2ccccc2)C1. The fraction of sp³-hybridized carbons (Fsp3) is 0.600. The molecule has 1 saturated heterocycles. The third kappa shape index (κ3) is 6.05. The molecule has 1 aromatic rings. The summed E-state index contributed by atoms with van der Waals surface area (Å²) < 4.78 is 6.30. The van der Waals surface area contributed by atoms with Crippen LogP contribution in [0.15, 0.2) is 42.5 Å². The van der Waals surface area contributed by atoms with Gasteiger partial charge in [0, 0.05) is 0 Å². The zero-order valence-corrected chi connectivity index (χ0v) is 13.5. The van der Waals surface area contributed by atoms with Crippen LogP contribution in [0.4, 0.5) is 0 Å². The van der Waals surface area contributed by atoms with Crippen LogP contribution in [0.5, 0.6) is 0 Å². The lowest BCUT2D eigenvalue weighted by atomic mass is 9.93. The molecule has 0 N–H and O–H groups in total. The number of ether oxygens (including phenoxy) is 1. The molecule has 0 spiro atoms. The molecule has 1 heteroatoms. The van der Waals surface area contributed by atoms with Crippen LogP contribution in [0.25, 0.3) is 0 Å². The highest BCUT2D eigenvalue weighted by Crippen LogP contribution is 2.28. The lowest BCUT2D eigenvalue weighted by Gasteiger charge is -2.32. The van der Waals surface area contributed by atoms with Crippen LogP contribution in [0, 0.1) is 0 Å². The predicted octanol–water partition coefficient (Wildman–Crippen LogP) is 5.69. The maximum Gasteiger partial charge on any atom is 0.0619 e. The van der Waals surface area contributed by atoms with Crippen LogP contribution in [-0.4, -0.2) is 12.2 Å². The van der Waals surface area contributed by atoms with Crippen LogP contribution in [0.1, 0.15) is 63.9 Å². The van der Waals surface area contributed by atoms with Crippen LogP contribution in [0.3, 0.4) is 0 Å². The van der Waals surface area contributed by atoms with Crippen molar-refractivity contribution in [2.45, 2.75) is 76.9 Å². The number of unbranched alkanes of at least 4 members (excludes halogenated alkanes) is 3. The minimum absolute atomic E-state index is 0.377. The summed E-state index contributed by atoms with van der Waals surface area (Å²) in [4.78, 5) is 0. The lowest BCUT2D eigenvalue weighted by molar-refractivity contribution is -0.0389. The number of aryl methyl sites for hydroxylation is 1. The molecule has 1 aromatic carbocycles. The zero-order valence-electron chi connectivity index (χ0n) is 13.5.